The van der Waals surface area contributed by atoms with Gasteiger partial charge in [0.05, 0.1) is 0 Å². The Morgan fingerprint density at radius 1 is 1.12 bits per heavy atom. The number of hydrogen-bond acceptors (Lipinski definition) is 4. The van der Waals surface area contributed by atoms with Gasteiger partial charge in [0.25, 0.3) is 5.91 Å². The van der Waals surface area contributed by atoms with E-state index in [0.717, 1.165) is 0 Å². The molecule has 6 heteroatoms. The molecule has 0 aliphatic rings. The molecule has 0 heterocycles. The van der Waals surface area contributed by atoms with Gasteiger partial charge < -0.3 is 19.5 Å². The number of carbonyl (C=O) groups excluding carboxylic acids is 1. The standard InChI is InChI=1S/C18H20FNO4/c1-18(23-3,15-6-4-5-7-16(15)19)17(21)20-13-8-10-14(11-9-13)24-12-22-2/h4-11H,12H2,1-3H3,(H,20,21)/t18-/m0/s1. The third-order valence-electron chi connectivity index (χ3n) is 3.68. The Hall–Kier alpha value is -2.44. The summed E-state index contributed by atoms with van der Waals surface area (Å²) in [6.07, 6.45) is 0. The first kappa shape index (κ1) is 17.9. The van der Waals surface area contributed by atoms with Gasteiger partial charge in [0, 0.05) is 25.5 Å². The largest absolute Gasteiger partial charge is 0.468 e. The monoisotopic (exact) mass is 333 g/mol. The minimum Gasteiger partial charge on any atom is -0.468 e. The van der Waals surface area contributed by atoms with Crippen LogP contribution in [0.4, 0.5) is 10.1 Å². The molecular formula is C18H20FNO4. The van der Waals surface area contributed by atoms with Gasteiger partial charge in [0.1, 0.15) is 11.6 Å². The van der Waals surface area contributed by atoms with Crippen molar-refractivity contribution in [2.45, 2.75) is 12.5 Å². The molecule has 0 aromatic heterocycles. The Balaban J connectivity index is 2.16. The van der Waals surface area contributed by atoms with Crippen molar-refractivity contribution in [1.29, 1.82) is 0 Å². The highest BCUT2D eigenvalue weighted by Crippen LogP contribution is 2.29. The predicted molar refractivity (Wildman–Crippen MR) is 88.3 cm³/mol. The van der Waals surface area contributed by atoms with Gasteiger partial charge in [-0.05, 0) is 37.3 Å². The van der Waals surface area contributed by atoms with E-state index in [1.165, 1.54) is 33.3 Å². The van der Waals surface area contributed by atoms with Gasteiger partial charge in [0.2, 0.25) is 0 Å². The van der Waals surface area contributed by atoms with Gasteiger partial charge in [-0.3, -0.25) is 4.79 Å². The van der Waals surface area contributed by atoms with Crippen LogP contribution < -0.4 is 10.1 Å². The zero-order valence-corrected chi connectivity index (χ0v) is 13.8. The van der Waals surface area contributed by atoms with Gasteiger partial charge >= 0.3 is 0 Å². The summed E-state index contributed by atoms with van der Waals surface area (Å²) in [6.45, 7) is 1.66. The first-order valence-electron chi connectivity index (χ1n) is 7.34. The number of halogens is 1. The normalized spacial score (nSPS) is 13.2. The van der Waals surface area contributed by atoms with E-state index in [1.807, 2.05) is 0 Å². The summed E-state index contributed by atoms with van der Waals surface area (Å²) in [5.74, 6) is -0.362. The first-order valence-corrected chi connectivity index (χ1v) is 7.34. The van der Waals surface area contributed by atoms with Crippen molar-refractivity contribution in [3.8, 4) is 5.75 Å². The summed E-state index contributed by atoms with van der Waals surface area (Å²) in [7, 11) is 2.90. The molecule has 0 aliphatic carbocycles. The lowest BCUT2D eigenvalue weighted by Gasteiger charge is -2.27. The van der Waals surface area contributed by atoms with Gasteiger partial charge in [-0.2, -0.15) is 0 Å². The molecule has 0 bridgehead atoms. The third-order valence-corrected chi connectivity index (χ3v) is 3.68. The summed E-state index contributed by atoms with van der Waals surface area (Å²) >= 11 is 0. The van der Waals surface area contributed by atoms with Crippen LogP contribution in [0, 0.1) is 5.82 Å². The SMILES string of the molecule is COCOc1ccc(NC(=O)[C@@](C)(OC)c2ccccc2F)cc1. The molecule has 2 aromatic rings. The highest BCUT2D eigenvalue weighted by atomic mass is 19.1. The highest BCUT2D eigenvalue weighted by Gasteiger charge is 2.37. The van der Waals surface area contributed by atoms with Crippen LogP contribution in [0.5, 0.6) is 5.75 Å². The molecule has 0 saturated heterocycles. The maximum Gasteiger partial charge on any atom is 0.261 e. The molecule has 2 aromatic carbocycles. The van der Waals surface area contributed by atoms with E-state index >= 15 is 0 Å². The Morgan fingerprint density at radius 3 is 2.38 bits per heavy atom. The first-order chi connectivity index (χ1) is 11.5. The second-order valence-corrected chi connectivity index (χ2v) is 5.25. The predicted octanol–water partition coefficient (Wildman–Crippen LogP) is 3.31. The van der Waals surface area contributed by atoms with Crippen molar-refractivity contribution in [3.05, 3.63) is 59.9 Å². The van der Waals surface area contributed by atoms with Crippen molar-refractivity contribution in [2.75, 3.05) is 26.3 Å². The maximum absolute atomic E-state index is 14.1. The molecule has 1 atom stereocenters. The van der Waals surface area contributed by atoms with E-state index in [4.69, 9.17) is 14.2 Å². The number of nitrogens with one attached hydrogen (secondary N) is 1. The van der Waals surface area contributed by atoms with Crippen molar-refractivity contribution in [1.82, 2.24) is 0 Å². The summed E-state index contributed by atoms with van der Waals surface area (Å²) in [5.41, 5.74) is -0.731. The fourth-order valence-corrected chi connectivity index (χ4v) is 2.18. The average Bonchev–Trinajstić information content (AvgIpc) is 2.60. The number of ether oxygens (including phenoxy) is 3. The van der Waals surface area contributed by atoms with E-state index in [9.17, 15) is 9.18 Å². The molecule has 0 unspecified atom stereocenters. The van der Waals surface area contributed by atoms with Gasteiger partial charge in [0.15, 0.2) is 12.4 Å². The molecule has 5 nitrogen and oxygen atoms in total. The number of anilines is 1. The minimum atomic E-state index is -1.45. The summed E-state index contributed by atoms with van der Waals surface area (Å²) < 4.78 is 29.5. The zero-order valence-electron chi connectivity index (χ0n) is 13.8. The van der Waals surface area contributed by atoms with E-state index in [0.29, 0.717) is 11.4 Å². The van der Waals surface area contributed by atoms with Crippen molar-refractivity contribution in [2.24, 2.45) is 0 Å². The Kier molecular flexibility index (Phi) is 5.89. The average molecular weight is 333 g/mol. The van der Waals surface area contributed by atoms with E-state index in [1.54, 1.807) is 36.4 Å². The summed E-state index contributed by atoms with van der Waals surface area (Å²) in [4.78, 5) is 12.6. The van der Waals surface area contributed by atoms with Crippen LogP contribution in [0.1, 0.15) is 12.5 Å². The van der Waals surface area contributed by atoms with Crippen LogP contribution in [0.2, 0.25) is 0 Å². The zero-order chi connectivity index (χ0) is 17.6. The number of benzene rings is 2. The molecule has 24 heavy (non-hydrogen) atoms. The fourth-order valence-electron chi connectivity index (χ4n) is 2.18. The Labute approximate surface area is 140 Å². The number of hydrogen-bond donors (Lipinski definition) is 1. The van der Waals surface area contributed by atoms with Crippen LogP contribution in [-0.2, 0) is 19.9 Å². The van der Waals surface area contributed by atoms with Gasteiger partial charge in [-0.15, -0.1) is 0 Å². The fraction of sp³-hybridized carbons (Fsp3) is 0.278. The molecule has 0 radical (unpaired) electrons. The van der Waals surface area contributed by atoms with Crippen LogP contribution in [-0.4, -0.2) is 26.9 Å². The lowest BCUT2D eigenvalue weighted by atomic mass is 9.94. The van der Waals surface area contributed by atoms with Crippen LogP contribution >= 0.6 is 0 Å². The van der Waals surface area contributed by atoms with E-state index in [2.05, 4.69) is 5.32 Å². The van der Waals surface area contributed by atoms with Crippen LogP contribution in [0.15, 0.2) is 48.5 Å². The summed E-state index contributed by atoms with van der Waals surface area (Å²) in [5, 5.41) is 2.73. The molecule has 1 N–H and O–H groups in total. The smallest absolute Gasteiger partial charge is 0.261 e. The minimum absolute atomic E-state index is 0.140. The van der Waals surface area contributed by atoms with Gasteiger partial charge in [-0.25, -0.2) is 4.39 Å². The molecular weight excluding hydrogens is 313 g/mol. The second kappa shape index (κ2) is 7.90. The lowest BCUT2D eigenvalue weighted by Crippen LogP contribution is -2.40. The number of carbonyl (C=O) groups is 1. The molecule has 0 saturated carbocycles. The lowest BCUT2D eigenvalue weighted by molar-refractivity contribution is -0.137. The van der Waals surface area contributed by atoms with Crippen molar-refractivity contribution >= 4 is 11.6 Å². The van der Waals surface area contributed by atoms with Crippen molar-refractivity contribution < 1.29 is 23.4 Å². The van der Waals surface area contributed by atoms with Crippen molar-refractivity contribution in [3.63, 3.8) is 0 Å². The van der Waals surface area contributed by atoms with E-state index in [-0.39, 0.29) is 12.4 Å². The number of rotatable bonds is 7. The molecule has 0 fully saturated rings. The molecule has 0 aliphatic heterocycles. The topological polar surface area (TPSA) is 56.8 Å². The Bertz CT molecular complexity index is 690. The Morgan fingerprint density at radius 2 is 1.79 bits per heavy atom. The third kappa shape index (κ3) is 3.90. The van der Waals surface area contributed by atoms with Crippen LogP contribution in [0.3, 0.4) is 0 Å². The highest BCUT2D eigenvalue weighted by molar-refractivity contribution is 5.97. The van der Waals surface area contributed by atoms with Crippen LogP contribution in [0.25, 0.3) is 0 Å². The second-order valence-electron chi connectivity index (χ2n) is 5.25. The number of amides is 1. The molecule has 2 rings (SSSR count). The molecule has 128 valence electrons. The number of methoxy groups -OCH3 is 2. The molecule has 1 amide bonds. The van der Waals surface area contributed by atoms with Gasteiger partial charge in [-0.1, -0.05) is 18.2 Å². The van der Waals surface area contributed by atoms with E-state index < -0.39 is 17.3 Å². The maximum atomic E-state index is 14.1. The molecule has 0 spiro atoms. The summed E-state index contributed by atoms with van der Waals surface area (Å²) in [6, 6.07) is 12.8. The quantitative estimate of drug-likeness (QED) is 0.790.